The van der Waals surface area contributed by atoms with E-state index in [9.17, 15) is 4.79 Å². The molecule has 1 heterocycles. The van der Waals surface area contributed by atoms with E-state index in [0.29, 0.717) is 24.6 Å². The van der Waals surface area contributed by atoms with Crippen LogP contribution in [0, 0.1) is 0 Å². The predicted octanol–water partition coefficient (Wildman–Crippen LogP) is 1.01. The first-order valence-electron chi connectivity index (χ1n) is 4.70. The number of anilines is 1. The number of aliphatic hydroxyl groups is 1. The van der Waals surface area contributed by atoms with Crippen molar-refractivity contribution in [3.05, 3.63) is 16.3 Å². The minimum atomic E-state index is 0.0932. The summed E-state index contributed by atoms with van der Waals surface area (Å²) in [4.78, 5) is 13.2. The number of nitrogens with zero attached hydrogens (tertiary/aromatic N) is 1. The number of aliphatic hydroxyl groups excluding tert-OH is 1. The quantitative estimate of drug-likeness (QED) is 0.709. The first-order chi connectivity index (χ1) is 7.31. The van der Waals surface area contributed by atoms with Gasteiger partial charge >= 0.3 is 0 Å². The van der Waals surface area contributed by atoms with Crippen LogP contribution in [0.3, 0.4) is 0 Å². The van der Waals surface area contributed by atoms with Gasteiger partial charge in [-0.05, 0) is 6.07 Å². The van der Waals surface area contributed by atoms with Crippen LogP contribution >= 0.6 is 11.3 Å². The van der Waals surface area contributed by atoms with Crippen molar-refractivity contribution >= 4 is 23.3 Å². The Bertz CT molecular complexity index is 301. The Labute approximate surface area is 93.1 Å². The SMILES string of the molecule is COCCN(CCO)c1csc(C=O)c1. The molecule has 15 heavy (non-hydrogen) atoms. The fourth-order valence-electron chi connectivity index (χ4n) is 1.26. The summed E-state index contributed by atoms with van der Waals surface area (Å²) in [6, 6.07) is 1.82. The Balaban J connectivity index is 2.64. The van der Waals surface area contributed by atoms with Crippen LogP contribution in [-0.2, 0) is 4.74 Å². The molecule has 0 spiro atoms. The zero-order valence-electron chi connectivity index (χ0n) is 8.68. The van der Waals surface area contributed by atoms with Crippen LogP contribution in [-0.4, -0.2) is 44.8 Å². The number of hydrogen-bond acceptors (Lipinski definition) is 5. The van der Waals surface area contributed by atoms with Crippen LogP contribution in [0.25, 0.3) is 0 Å². The second kappa shape index (κ2) is 6.55. The second-order valence-electron chi connectivity index (χ2n) is 3.03. The molecule has 4 nitrogen and oxygen atoms in total. The normalized spacial score (nSPS) is 10.3. The molecule has 1 N–H and O–H groups in total. The van der Waals surface area contributed by atoms with Crippen LogP contribution in [0.4, 0.5) is 5.69 Å². The molecule has 0 unspecified atom stereocenters. The standard InChI is InChI=1S/C10H15NO3S/c1-14-5-3-11(2-4-12)9-6-10(7-13)15-8-9/h6-8,12H,2-5H2,1H3. The molecule has 0 bridgehead atoms. The Morgan fingerprint density at radius 2 is 2.40 bits per heavy atom. The monoisotopic (exact) mass is 229 g/mol. The van der Waals surface area contributed by atoms with Gasteiger partial charge in [0.1, 0.15) is 0 Å². The minimum absolute atomic E-state index is 0.0932. The van der Waals surface area contributed by atoms with Gasteiger partial charge in [-0.25, -0.2) is 0 Å². The summed E-state index contributed by atoms with van der Waals surface area (Å²) in [6.07, 6.45) is 0.835. The number of rotatable bonds is 7. The van der Waals surface area contributed by atoms with Crippen molar-refractivity contribution < 1.29 is 14.6 Å². The maximum Gasteiger partial charge on any atom is 0.160 e. The van der Waals surface area contributed by atoms with E-state index in [2.05, 4.69) is 0 Å². The summed E-state index contributed by atoms with van der Waals surface area (Å²) in [7, 11) is 1.64. The molecule has 0 aliphatic rings. The van der Waals surface area contributed by atoms with Crippen LogP contribution in [0.1, 0.15) is 9.67 Å². The number of ether oxygens (including phenoxy) is 1. The van der Waals surface area contributed by atoms with Gasteiger partial charge in [0.15, 0.2) is 6.29 Å². The fourth-order valence-corrected chi connectivity index (χ4v) is 1.98. The van der Waals surface area contributed by atoms with Gasteiger partial charge in [0.05, 0.1) is 18.1 Å². The topological polar surface area (TPSA) is 49.8 Å². The summed E-state index contributed by atoms with van der Waals surface area (Å²) < 4.78 is 4.98. The predicted molar refractivity (Wildman–Crippen MR) is 60.9 cm³/mol. The molecular weight excluding hydrogens is 214 g/mol. The average molecular weight is 229 g/mol. The third-order valence-electron chi connectivity index (χ3n) is 2.02. The highest BCUT2D eigenvalue weighted by Gasteiger charge is 2.07. The van der Waals surface area contributed by atoms with Crippen molar-refractivity contribution in [3.63, 3.8) is 0 Å². The average Bonchev–Trinajstić information content (AvgIpc) is 2.72. The molecule has 0 fully saturated rings. The second-order valence-corrected chi connectivity index (χ2v) is 3.97. The highest BCUT2D eigenvalue weighted by Crippen LogP contribution is 2.21. The first-order valence-corrected chi connectivity index (χ1v) is 5.58. The highest BCUT2D eigenvalue weighted by molar-refractivity contribution is 7.12. The van der Waals surface area contributed by atoms with Gasteiger partial charge in [-0.1, -0.05) is 0 Å². The highest BCUT2D eigenvalue weighted by atomic mass is 32.1. The lowest BCUT2D eigenvalue weighted by Gasteiger charge is -2.21. The van der Waals surface area contributed by atoms with E-state index in [4.69, 9.17) is 9.84 Å². The number of hydrogen-bond donors (Lipinski definition) is 1. The molecule has 0 aliphatic carbocycles. The first kappa shape index (κ1) is 12.2. The number of carbonyl (C=O) groups is 1. The van der Waals surface area contributed by atoms with Gasteiger partial charge in [0, 0.05) is 31.3 Å². The molecule has 84 valence electrons. The van der Waals surface area contributed by atoms with E-state index in [-0.39, 0.29) is 6.61 Å². The summed E-state index contributed by atoms with van der Waals surface area (Å²) in [5.41, 5.74) is 0.966. The Morgan fingerprint density at radius 3 is 2.93 bits per heavy atom. The Hall–Kier alpha value is -0.910. The molecule has 0 saturated carbocycles. The molecule has 5 heteroatoms. The molecule has 1 rings (SSSR count). The van der Waals surface area contributed by atoms with E-state index >= 15 is 0 Å². The van der Waals surface area contributed by atoms with Crippen molar-refractivity contribution in [2.45, 2.75) is 0 Å². The smallest absolute Gasteiger partial charge is 0.160 e. The van der Waals surface area contributed by atoms with Crippen molar-refractivity contribution in [3.8, 4) is 0 Å². The van der Waals surface area contributed by atoms with Crippen LogP contribution < -0.4 is 4.90 Å². The zero-order valence-corrected chi connectivity index (χ0v) is 9.50. The maximum absolute atomic E-state index is 10.5. The molecule has 0 aromatic carbocycles. The molecule has 0 aliphatic heterocycles. The van der Waals surface area contributed by atoms with Gasteiger partial charge in [-0.15, -0.1) is 11.3 Å². The zero-order chi connectivity index (χ0) is 11.1. The lowest BCUT2D eigenvalue weighted by Crippen LogP contribution is -2.29. The number of methoxy groups -OCH3 is 1. The fraction of sp³-hybridized carbons (Fsp3) is 0.500. The largest absolute Gasteiger partial charge is 0.395 e. The minimum Gasteiger partial charge on any atom is -0.395 e. The molecule has 1 aromatic rings. The summed E-state index contributed by atoms with van der Waals surface area (Å²) in [6.45, 7) is 1.97. The van der Waals surface area contributed by atoms with Crippen molar-refractivity contribution in [1.82, 2.24) is 0 Å². The van der Waals surface area contributed by atoms with Crippen molar-refractivity contribution in [2.75, 3.05) is 38.3 Å². The Morgan fingerprint density at radius 1 is 1.60 bits per heavy atom. The molecule has 1 aromatic heterocycles. The van der Waals surface area contributed by atoms with Crippen LogP contribution in [0.2, 0.25) is 0 Å². The van der Waals surface area contributed by atoms with Gasteiger partial charge in [0.2, 0.25) is 0 Å². The number of thiophene rings is 1. The van der Waals surface area contributed by atoms with Crippen molar-refractivity contribution in [2.24, 2.45) is 0 Å². The van der Waals surface area contributed by atoms with Gasteiger partial charge in [-0.3, -0.25) is 4.79 Å². The molecule has 0 atom stereocenters. The van der Waals surface area contributed by atoms with Crippen LogP contribution in [0.5, 0.6) is 0 Å². The third kappa shape index (κ3) is 3.62. The summed E-state index contributed by atoms with van der Waals surface area (Å²) in [5, 5.41) is 10.8. The van der Waals surface area contributed by atoms with Crippen LogP contribution in [0.15, 0.2) is 11.4 Å². The van der Waals surface area contributed by atoms with E-state index in [0.717, 1.165) is 12.0 Å². The lowest BCUT2D eigenvalue weighted by molar-refractivity contribution is 0.112. The van der Waals surface area contributed by atoms with Gasteiger partial charge in [0.25, 0.3) is 0 Å². The van der Waals surface area contributed by atoms with E-state index < -0.39 is 0 Å². The molecule has 0 radical (unpaired) electrons. The number of carbonyl (C=O) groups excluding carboxylic acids is 1. The molecular formula is C10H15NO3S. The van der Waals surface area contributed by atoms with E-state index in [1.165, 1.54) is 11.3 Å². The van der Waals surface area contributed by atoms with Gasteiger partial charge in [-0.2, -0.15) is 0 Å². The third-order valence-corrected chi connectivity index (χ3v) is 2.87. The lowest BCUT2D eigenvalue weighted by atomic mass is 10.3. The molecule has 0 amide bonds. The van der Waals surface area contributed by atoms with Crippen molar-refractivity contribution in [1.29, 1.82) is 0 Å². The maximum atomic E-state index is 10.5. The molecule has 0 saturated heterocycles. The van der Waals surface area contributed by atoms with Gasteiger partial charge < -0.3 is 14.7 Å². The Kier molecular flexibility index (Phi) is 5.31. The van der Waals surface area contributed by atoms with E-state index in [1.807, 2.05) is 16.3 Å². The summed E-state index contributed by atoms with van der Waals surface area (Å²) >= 11 is 1.41. The van der Waals surface area contributed by atoms with E-state index in [1.54, 1.807) is 7.11 Å². The summed E-state index contributed by atoms with van der Waals surface area (Å²) in [5.74, 6) is 0. The number of aldehydes is 1.